The topological polar surface area (TPSA) is 114 Å². The van der Waals surface area contributed by atoms with Gasteiger partial charge in [-0.15, -0.1) is 0 Å². The van der Waals surface area contributed by atoms with Crippen LogP contribution in [0.2, 0.25) is 0 Å². The minimum Gasteiger partial charge on any atom is -0.481 e. The summed E-state index contributed by atoms with van der Waals surface area (Å²) in [7, 11) is 0. The van der Waals surface area contributed by atoms with E-state index < -0.39 is 24.1 Å². The highest BCUT2D eigenvalue weighted by Crippen LogP contribution is 2.22. The second kappa shape index (κ2) is 16.9. The van der Waals surface area contributed by atoms with Crippen LogP contribution >= 0.6 is 0 Å². The van der Waals surface area contributed by atoms with Crippen LogP contribution in [0.1, 0.15) is 89.5 Å². The number of carboxylic acids is 1. The molecule has 2 aliphatic rings. The summed E-state index contributed by atoms with van der Waals surface area (Å²) in [5.41, 5.74) is 0.802. The lowest BCUT2D eigenvalue weighted by atomic mass is 9.91. The Balaban J connectivity index is 0.000000279. The SMILES string of the molecule is C1CCC(NC2CCCCC2)CC1.CCOC(=O)C(CCC(=O)O)NC(=O)OCc1ccccc1. The molecule has 8 nitrogen and oxygen atoms in total. The number of carbonyl (C=O) groups excluding carboxylic acids is 2. The van der Waals surface area contributed by atoms with Gasteiger partial charge >= 0.3 is 18.0 Å². The van der Waals surface area contributed by atoms with E-state index in [-0.39, 0.29) is 26.1 Å². The van der Waals surface area contributed by atoms with E-state index in [1.165, 1.54) is 64.2 Å². The summed E-state index contributed by atoms with van der Waals surface area (Å²) >= 11 is 0. The Morgan fingerprint density at radius 1 is 0.914 bits per heavy atom. The number of ether oxygens (including phenoxy) is 2. The molecule has 0 radical (unpaired) electrons. The maximum absolute atomic E-state index is 11.7. The molecular formula is C27H42N2O6. The number of hydrogen-bond donors (Lipinski definition) is 3. The molecule has 0 heterocycles. The Kier molecular flexibility index (Phi) is 13.8. The number of alkyl carbamates (subject to hydrolysis) is 1. The lowest BCUT2D eigenvalue weighted by Crippen LogP contribution is -2.42. The molecule has 1 aromatic rings. The highest BCUT2D eigenvalue weighted by atomic mass is 16.6. The molecule has 1 amide bonds. The first-order valence-electron chi connectivity index (χ1n) is 13.1. The summed E-state index contributed by atoms with van der Waals surface area (Å²) in [4.78, 5) is 34.0. The number of carboxylic acid groups (broad SMARTS) is 1. The normalized spacial score (nSPS) is 17.4. The van der Waals surface area contributed by atoms with Crippen LogP contribution in [0.5, 0.6) is 0 Å². The highest BCUT2D eigenvalue weighted by Gasteiger charge is 2.23. The van der Waals surface area contributed by atoms with E-state index in [2.05, 4.69) is 10.6 Å². The predicted molar refractivity (Wildman–Crippen MR) is 134 cm³/mol. The van der Waals surface area contributed by atoms with Crippen molar-refractivity contribution in [2.45, 2.75) is 109 Å². The van der Waals surface area contributed by atoms with Gasteiger partial charge in [0.1, 0.15) is 12.6 Å². The Morgan fingerprint density at radius 2 is 1.49 bits per heavy atom. The fourth-order valence-corrected chi connectivity index (χ4v) is 4.54. The lowest BCUT2D eigenvalue weighted by Gasteiger charge is -2.30. The van der Waals surface area contributed by atoms with Crippen molar-refractivity contribution in [2.75, 3.05) is 6.61 Å². The summed E-state index contributed by atoms with van der Waals surface area (Å²) in [6.45, 7) is 1.82. The van der Waals surface area contributed by atoms with Gasteiger partial charge in [0.05, 0.1) is 6.61 Å². The van der Waals surface area contributed by atoms with Gasteiger partial charge in [0.2, 0.25) is 0 Å². The van der Waals surface area contributed by atoms with Crippen molar-refractivity contribution in [1.82, 2.24) is 10.6 Å². The number of esters is 1. The summed E-state index contributed by atoms with van der Waals surface area (Å²) in [6, 6.07) is 9.75. The van der Waals surface area contributed by atoms with Crippen LogP contribution in [0.4, 0.5) is 4.79 Å². The zero-order valence-electron chi connectivity index (χ0n) is 21.0. The number of nitrogens with one attached hydrogen (secondary N) is 2. The van der Waals surface area contributed by atoms with Crippen molar-refractivity contribution in [1.29, 1.82) is 0 Å². The van der Waals surface area contributed by atoms with Crippen LogP contribution in [-0.2, 0) is 25.7 Å². The van der Waals surface area contributed by atoms with Crippen LogP contribution in [0.3, 0.4) is 0 Å². The van der Waals surface area contributed by atoms with Crippen molar-refractivity contribution in [2.24, 2.45) is 0 Å². The Labute approximate surface area is 209 Å². The molecule has 3 N–H and O–H groups in total. The smallest absolute Gasteiger partial charge is 0.408 e. The molecule has 3 rings (SSSR count). The maximum Gasteiger partial charge on any atom is 0.408 e. The minimum absolute atomic E-state index is 0.0567. The zero-order chi connectivity index (χ0) is 25.3. The van der Waals surface area contributed by atoms with E-state index >= 15 is 0 Å². The standard InChI is InChI=1S/C15H19NO6.C12H23N/c1-2-21-14(19)12(8-9-13(17)18)16-15(20)22-10-11-6-4-3-5-7-11;1-3-7-11(8-4-1)13-12-9-5-2-6-10-12/h3-7,12H,2,8-10H2,1H3,(H,16,20)(H,17,18);11-13H,1-10H2. The van der Waals surface area contributed by atoms with E-state index in [1.807, 2.05) is 18.2 Å². The molecule has 1 unspecified atom stereocenters. The van der Waals surface area contributed by atoms with Gasteiger partial charge in [-0.1, -0.05) is 68.9 Å². The van der Waals surface area contributed by atoms with Gasteiger partial charge in [-0.2, -0.15) is 0 Å². The molecule has 2 fully saturated rings. The first-order chi connectivity index (χ1) is 17.0. The van der Waals surface area contributed by atoms with Crippen LogP contribution in [-0.4, -0.2) is 47.9 Å². The molecule has 8 heteroatoms. The molecule has 0 saturated heterocycles. The van der Waals surface area contributed by atoms with Gasteiger partial charge in [-0.3, -0.25) is 4.79 Å². The molecule has 0 aromatic heterocycles. The number of carbonyl (C=O) groups is 3. The largest absolute Gasteiger partial charge is 0.481 e. The lowest BCUT2D eigenvalue weighted by molar-refractivity contribution is -0.146. The number of benzene rings is 1. The summed E-state index contributed by atoms with van der Waals surface area (Å²) in [5.74, 6) is -1.74. The van der Waals surface area contributed by atoms with E-state index in [0.29, 0.717) is 0 Å². The molecule has 0 bridgehead atoms. The van der Waals surface area contributed by atoms with Gasteiger partial charge in [-0.05, 0) is 44.6 Å². The Hall–Kier alpha value is -2.61. The van der Waals surface area contributed by atoms with Crippen LogP contribution in [0, 0.1) is 0 Å². The fourth-order valence-electron chi connectivity index (χ4n) is 4.54. The Morgan fingerprint density at radius 3 is 2.00 bits per heavy atom. The van der Waals surface area contributed by atoms with Crippen molar-refractivity contribution >= 4 is 18.0 Å². The van der Waals surface area contributed by atoms with Gasteiger partial charge in [0, 0.05) is 18.5 Å². The second-order valence-corrected chi connectivity index (χ2v) is 9.28. The summed E-state index contributed by atoms with van der Waals surface area (Å²) in [5, 5.41) is 14.9. The average Bonchev–Trinajstić information content (AvgIpc) is 2.87. The molecule has 196 valence electrons. The van der Waals surface area contributed by atoms with E-state index in [1.54, 1.807) is 19.1 Å². The van der Waals surface area contributed by atoms with E-state index in [4.69, 9.17) is 14.6 Å². The van der Waals surface area contributed by atoms with Gasteiger partial charge in [-0.25, -0.2) is 9.59 Å². The summed E-state index contributed by atoms with van der Waals surface area (Å²) < 4.78 is 9.79. The van der Waals surface area contributed by atoms with E-state index in [9.17, 15) is 14.4 Å². The van der Waals surface area contributed by atoms with Gasteiger partial charge in [0.15, 0.2) is 0 Å². The molecule has 1 aromatic carbocycles. The highest BCUT2D eigenvalue weighted by molar-refractivity contribution is 5.82. The second-order valence-electron chi connectivity index (χ2n) is 9.28. The molecule has 2 aliphatic carbocycles. The first kappa shape index (κ1) is 28.6. The molecular weight excluding hydrogens is 448 g/mol. The van der Waals surface area contributed by atoms with Gasteiger partial charge < -0.3 is 25.2 Å². The number of hydrogen-bond acceptors (Lipinski definition) is 6. The molecule has 0 spiro atoms. The third-order valence-corrected chi connectivity index (χ3v) is 6.40. The van der Waals surface area contributed by atoms with Crippen molar-refractivity contribution in [3.8, 4) is 0 Å². The summed E-state index contributed by atoms with van der Waals surface area (Å²) in [6.07, 6.45) is 13.4. The van der Waals surface area contributed by atoms with Crippen LogP contribution in [0.25, 0.3) is 0 Å². The first-order valence-corrected chi connectivity index (χ1v) is 13.1. The zero-order valence-corrected chi connectivity index (χ0v) is 21.0. The third-order valence-electron chi connectivity index (χ3n) is 6.40. The van der Waals surface area contributed by atoms with Crippen LogP contribution < -0.4 is 10.6 Å². The minimum atomic E-state index is -1.06. The Bertz CT molecular complexity index is 729. The molecule has 1 atom stereocenters. The molecule has 2 saturated carbocycles. The van der Waals surface area contributed by atoms with Crippen LogP contribution in [0.15, 0.2) is 30.3 Å². The quantitative estimate of drug-likeness (QED) is 0.398. The molecule has 0 aliphatic heterocycles. The number of rotatable bonds is 10. The van der Waals surface area contributed by atoms with Crippen molar-refractivity contribution < 1.29 is 29.0 Å². The average molecular weight is 491 g/mol. The van der Waals surface area contributed by atoms with Crippen molar-refractivity contribution in [3.63, 3.8) is 0 Å². The monoisotopic (exact) mass is 490 g/mol. The van der Waals surface area contributed by atoms with Crippen molar-refractivity contribution in [3.05, 3.63) is 35.9 Å². The number of aliphatic carboxylic acids is 1. The van der Waals surface area contributed by atoms with Gasteiger partial charge in [0.25, 0.3) is 0 Å². The fraction of sp³-hybridized carbons (Fsp3) is 0.667. The molecule has 35 heavy (non-hydrogen) atoms. The number of amides is 1. The third kappa shape index (κ3) is 12.6. The van der Waals surface area contributed by atoms with E-state index in [0.717, 1.165) is 17.6 Å². The predicted octanol–water partition coefficient (Wildman–Crippen LogP) is 4.95. The maximum atomic E-state index is 11.7.